The zero-order valence-electron chi connectivity index (χ0n) is 19.5. The lowest BCUT2D eigenvalue weighted by Gasteiger charge is -2.31. The van der Waals surface area contributed by atoms with E-state index < -0.39 is 23.3 Å². The summed E-state index contributed by atoms with van der Waals surface area (Å²) >= 11 is 0. The van der Waals surface area contributed by atoms with Gasteiger partial charge in [-0.1, -0.05) is 24.3 Å². The fraction of sp³-hybridized carbons (Fsp3) is 0.440. The van der Waals surface area contributed by atoms with E-state index in [2.05, 4.69) is 5.32 Å². The van der Waals surface area contributed by atoms with Crippen LogP contribution in [0.5, 0.6) is 5.75 Å². The van der Waals surface area contributed by atoms with Gasteiger partial charge in [-0.25, -0.2) is 4.39 Å². The lowest BCUT2D eigenvalue weighted by molar-refractivity contribution is -0.142. The van der Waals surface area contributed by atoms with Crippen molar-refractivity contribution in [2.24, 2.45) is 0 Å². The van der Waals surface area contributed by atoms with Gasteiger partial charge in [0.1, 0.15) is 17.6 Å². The van der Waals surface area contributed by atoms with Gasteiger partial charge in [0, 0.05) is 17.6 Å². The average Bonchev–Trinajstić information content (AvgIpc) is 2.67. The summed E-state index contributed by atoms with van der Waals surface area (Å²) in [6.45, 7) is 12.9. The second-order valence-corrected chi connectivity index (χ2v) is 9.02. The molecular formula is C25H33FN2O3. The fourth-order valence-electron chi connectivity index (χ4n) is 3.24. The highest BCUT2D eigenvalue weighted by atomic mass is 19.1. The van der Waals surface area contributed by atoms with Crippen LogP contribution < -0.4 is 10.1 Å². The number of benzene rings is 2. The van der Waals surface area contributed by atoms with Crippen molar-refractivity contribution in [2.45, 2.75) is 66.6 Å². The van der Waals surface area contributed by atoms with Gasteiger partial charge in [0.25, 0.3) is 5.91 Å². The lowest BCUT2D eigenvalue weighted by Crippen LogP contribution is -2.53. The second-order valence-electron chi connectivity index (χ2n) is 9.02. The molecule has 0 heterocycles. The summed E-state index contributed by atoms with van der Waals surface area (Å²) in [6.07, 6.45) is 0. The van der Waals surface area contributed by atoms with Crippen molar-refractivity contribution in [3.8, 4) is 5.75 Å². The molecule has 0 aromatic heterocycles. The maximum absolute atomic E-state index is 14.3. The van der Waals surface area contributed by atoms with E-state index in [1.165, 1.54) is 11.0 Å². The number of halogens is 1. The van der Waals surface area contributed by atoms with Crippen LogP contribution in [0.1, 0.15) is 49.9 Å². The van der Waals surface area contributed by atoms with Gasteiger partial charge in [-0.3, -0.25) is 9.59 Å². The van der Waals surface area contributed by atoms with Gasteiger partial charge >= 0.3 is 0 Å². The smallest absolute Gasteiger partial charge is 0.261 e. The number of nitrogens with one attached hydrogen (secondary N) is 1. The summed E-state index contributed by atoms with van der Waals surface area (Å²) in [5.74, 6) is -0.489. The number of carbonyl (C=O) groups is 2. The molecule has 2 rings (SSSR count). The number of amides is 2. The Hall–Kier alpha value is -2.89. The summed E-state index contributed by atoms with van der Waals surface area (Å²) in [7, 11) is 0. The molecule has 0 spiro atoms. The Kier molecular flexibility index (Phi) is 7.82. The van der Waals surface area contributed by atoms with Crippen LogP contribution in [0, 0.1) is 26.6 Å². The molecule has 0 saturated heterocycles. The highest BCUT2D eigenvalue weighted by Gasteiger charge is 2.29. The second kappa shape index (κ2) is 9.94. The number of carbonyl (C=O) groups excluding carboxylic acids is 2. The van der Waals surface area contributed by atoms with Crippen LogP contribution in [-0.4, -0.2) is 34.9 Å². The summed E-state index contributed by atoms with van der Waals surface area (Å²) < 4.78 is 20.1. The van der Waals surface area contributed by atoms with Crippen molar-refractivity contribution >= 4 is 11.8 Å². The Balaban J connectivity index is 2.25. The number of hydrogen-bond acceptors (Lipinski definition) is 3. The molecule has 6 heteroatoms. The van der Waals surface area contributed by atoms with Crippen LogP contribution in [0.3, 0.4) is 0 Å². The Morgan fingerprint density at radius 2 is 1.77 bits per heavy atom. The van der Waals surface area contributed by atoms with Crippen molar-refractivity contribution in [3.63, 3.8) is 0 Å². The molecule has 0 saturated carbocycles. The van der Waals surface area contributed by atoms with Crippen molar-refractivity contribution in [1.82, 2.24) is 10.2 Å². The number of ether oxygens (including phenoxy) is 1. The standard InChI is InChI=1S/C25H33FN2O3/c1-16-12-17(2)18(3)22(13-16)31-15-23(29)28(14-20-10-8-9-11-21(20)26)19(4)24(30)27-25(5,6)7/h8-13,19H,14-15H2,1-7H3,(H,27,30)/t19-/m1/s1. The third kappa shape index (κ3) is 6.81. The topological polar surface area (TPSA) is 58.6 Å². The molecule has 31 heavy (non-hydrogen) atoms. The number of rotatable bonds is 7. The molecule has 0 bridgehead atoms. The first kappa shape index (κ1) is 24.4. The van der Waals surface area contributed by atoms with E-state index in [0.717, 1.165) is 16.7 Å². The number of hydrogen-bond donors (Lipinski definition) is 1. The van der Waals surface area contributed by atoms with Crippen molar-refractivity contribution < 1.29 is 18.7 Å². The van der Waals surface area contributed by atoms with E-state index in [1.54, 1.807) is 25.1 Å². The van der Waals surface area contributed by atoms with E-state index in [-0.39, 0.29) is 19.1 Å². The number of nitrogens with zero attached hydrogens (tertiary/aromatic N) is 1. The number of aryl methyl sites for hydroxylation is 2. The minimum Gasteiger partial charge on any atom is -0.483 e. The van der Waals surface area contributed by atoms with E-state index in [1.807, 2.05) is 53.7 Å². The maximum atomic E-state index is 14.3. The summed E-state index contributed by atoms with van der Waals surface area (Å²) in [5, 5.41) is 2.89. The van der Waals surface area contributed by atoms with Crippen LogP contribution >= 0.6 is 0 Å². The third-order valence-electron chi connectivity index (χ3n) is 5.08. The van der Waals surface area contributed by atoms with Gasteiger partial charge in [-0.15, -0.1) is 0 Å². The third-order valence-corrected chi connectivity index (χ3v) is 5.08. The maximum Gasteiger partial charge on any atom is 0.261 e. The fourth-order valence-corrected chi connectivity index (χ4v) is 3.24. The molecule has 1 N–H and O–H groups in total. The van der Waals surface area contributed by atoms with Crippen LogP contribution in [-0.2, 0) is 16.1 Å². The zero-order valence-corrected chi connectivity index (χ0v) is 19.5. The summed E-state index contributed by atoms with van der Waals surface area (Å²) in [5.41, 5.74) is 2.95. The molecule has 0 unspecified atom stereocenters. The lowest BCUT2D eigenvalue weighted by atomic mass is 10.1. The van der Waals surface area contributed by atoms with Gasteiger partial charge in [0.15, 0.2) is 6.61 Å². The first-order chi connectivity index (χ1) is 14.4. The zero-order chi connectivity index (χ0) is 23.3. The van der Waals surface area contributed by atoms with Crippen LogP contribution in [0.4, 0.5) is 4.39 Å². The van der Waals surface area contributed by atoms with Gasteiger partial charge in [-0.05, 0) is 77.3 Å². The normalized spacial score (nSPS) is 12.3. The van der Waals surface area contributed by atoms with Crippen LogP contribution in [0.15, 0.2) is 36.4 Å². The summed E-state index contributed by atoms with van der Waals surface area (Å²) in [6, 6.07) is 9.38. The van der Waals surface area contributed by atoms with Gasteiger partial charge < -0.3 is 15.0 Å². The molecule has 1 atom stereocenters. The minimum absolute atomic E-state index is 0.0283. The molecule has 2 aromatic rings. The molecule has 0 aliphatic carbocycles. The van der Waals surface area contributed by atoms with E-state index >= 15 is 0 Å². The highest BCUT2D eigenvalue weighted by Crippen LogP contribution is 2.23. The predicted octanol–water partition coefficient (Wildman–Crippen LogP) is 4.46. The van der Waals surface area contributed by atoms with E-state index in [4.69, 9.17) is 4.74 Å². The largest absolute Gasteiger partial charge is 0.483 e. The highest BCUT2D eigenvalue weighted by molar-refractivity contribution is 5.88. The van der Waals surface area contributed by atoms with Gasteiger partial charge in [0.05, 0.1) is 0 Å². The van der Waals surface area contributed by atoms with Gasteiger partial charge in [0.2, 0.25) is 5.91 Å². The Bertz CT molecular complexity index is 950. The van der Waals surface area contributed by atoms with Crippen molar-refractivity contribution in [1.29, 1.82) is 0 Å². The van der Waals surface area contributed by atoms with Crippen LogP contribution in [0.2, 0.25) is 0 Å². The van der Waals surface area contributed by atoms with E-state index in [9.17, 15) is 14.0 Å². The van der Waals surface area contributed by atoms with Crippen LogP contribution in [0.25, 0.3) is 0 Å². The molecule has 0 aliphatic rings. The molecule has 0 radical (unpaired) electrons. The Morgan fingerprint density at radius 1 is 1.13 bits per heavy atom. The summed E-state index contributed by atoms with van der Waals surface area (Å²) in [4.78, 5) is 27.2. The molecule has 2 amide bonds. The Labute approximate surface area is 184 Å². The molecule has 168 valence electrons. The SMILES string of the molecule is Cc1cc(C)c(C)c(OCC(=O)N(Cc2ccccc2F)[C@H](C)C(=O)NC(C)(C)C)c1. The monoisotopic (exact) mass is 428 g/mol. The van der Waals surface area contributed by atoms with Gasteiger partial charge in [-0.2, -0.15) is 0 Å². The van der Waals surface area contributed by atoms with Crippen molar-refractivity contribution in [2.75, 3.05) is 6.61 Å². The van der Waals surface area contributed by atoms with Crippen molar-refractivity contribution in [3.05, 3.63) is 64.5 Å². The molecule has 5 nitrogen and oxygen atoms in total. The molecule has 0 aliphatic heterocycles. The molecule has 2 aromatic carbocycles. The minimum atomic E-state index is -0.796. The van der Waals surface area contributed by atoms with E-state index in [0.29, 0.717) is 11.3 Å². The predicted molar refractivity (Wildman–Crippen MR) is 120 cm³/mol. The molecular weight excluding hydrogens is 395 g/mol. The first-order valence-corrected chi connectivity index (χ1v) is 10.4. The quantitative estimate of drug-likeness (QED) is 0.708. The Morgan fingerprint density at radius 3 is 2.39 bits per heavy atom. The molecule has 0 fully saturated rings. The first-order valence-electron chi connectivity index (χ1n) is 10.4. The average molecular weight is 429 g/mol.